The first-order valence-corrected chi connectivity index (χ1v) is 20.1. The molecule has 3 aromatic heterocycles. The molecule has 0 bridgehead atoms. The normalized spacial score (nSPS) is 21.3. The van der Waals surface area contributed by atoms with Crippen LogP contribution in [0.15, 0.2) is 47.6 Å². The molecule has 3 aromatic rings. The van der Waals surface area contributed by atoms with E-state index in [0.29, 0.717) is 42.1 Å². The molecule has 4 fully saturated rings. The van der Waals surface area contributed by atoms with Crippen molar-refractivity contribution in [2.45, 2.75) is 102 Å². The number of amides is 2. The van der Waals surface area contributed by atoms with Gasteiger partial charge < -0.3 is 19.7 Å². The molecule has 286 valence electrons. The van der Waals surface area contributed by atoms with Gasteiger partial charge in [0.25, 0.3) is 15.9 Å². The summed E-state index contributed by atoms with van der Waals surface area (Å²) in [5, 5.41) is 6.61. The molecule has 2 N–H and O–H groups in total. The second-order valence-electron chi connectivity index (χ2n) is 16.6. The Hall–Kier alpha value is -3.98. The van der Waals surface area contributed by atoms with Gasteiger partial charge in [-0.15, -0.1) is 5.10 Å². The summed E-state index contributed by atoms with van der Waals surface area (Å²) >= 11 is 6.34. The molecule has 0 aromatic carbocycles. The second kappa shape index (κ2) is 13.4. The van der Waals surface area contributed by atoms with Crippen LogP contribution in [0.5, 0.6) is 5.88 Å². The van der Waals surface area contributed by atoms with Gasteiger partial charge >= 0.3 is 6.09 Å². The third-order valence-corrected chi connectivity index (χ3v) is 12.8. The van der Waals surface area contributed by atoms with E-state index in [-0.39, 0.29) is 35.4 Å². The number of carbonyl (C=O) groups excluding carboxylic acids is 2. The molecule has 16 heteroatoms. The van der Waals surface area contributed by atoms with Crippen LogP contribution in [-0.4, -0.2) is 82.1 Å². The van der Waals surface area contributed by atoms with Gasteiger partial charge in [0, 0.05) is 30.9 Å². The molecule has 3 saturated carbocycles. The standard InChI is InChI=1S/C37H47ClFN7O6S/c1-34(2,3)52-33(48)45-22-23(20-35(45,4)5)19-24(39)21-40-27-7-6-8-30(41-27)53(49,50)44-32(47)25-9-10-28(42-31(25)38)46-17-11-29(43-46)51-18-12-26-36(13-14-36)37(26)15-16-37/h6-11,17,23-24,26H,12-16,18-22H2,1-5H3,(H,40,41)(H,44,47). The first kappa shape index (κ1) is 37.3. The fourth-order valence-electron chi connectivity index (χ4n) is 8.61. The molecule has 7 rings (SSSR count). The molecule has 4 heterocycles. The molecular formula is C37H47ClFN7O6S. The minimum atomic E-state index is -4.44. The van der Waals surface area contributed by atoms with Crippen molar-refractivity contribution in [1.29, 1.82) is 0 Å². The Morgan fingerprint density at radius 2 is 1.79 bits per heavy atom. The quantitative estimate of drug-likeness (QED) is 0.182. The monoisotopic (exact) mass is 771 g/mol. The summed E-state index contributed by atoms with van der Waals surface area (Å²) in [5.41, 5.74) is -0.0188. The van der Waals surface area contributed by atoms with E-state index in [9.17, 15) is 18.0 Å². The van der Waals surface area contributed by atoms with Crippen LogP contribution in [0.1, 0.15) is 89.9 Å². The predicted octanol–water partition coefficient (Wildman–Crippen LogP) is 6.57. The number of aromatic nitrogens is 4. The maximum absolute atomic E-state index is 15.2. The zero-order valence-electron chi connectivity index (χ0n) is 30.7. The number of alkyl halides is 1. The number of rotatable bonds is 13. The molecule has 3 aliphatic carbocycles. The van der Waals surface area contributed by atoms with Crippen LogP contribution in [0.4, 0.5) is 15.0 Å². The lowest BCUT2D eigenvalue weighted by Crippen LogP contribution is -2.45. The van der Waals surface area contributed by atoms with Gasteiger partial charge in [-0.3, -0.25) is 4.79 Å². The van der Waals surface area contributed by atoms with Gasteiger partial charge in [-0.25, -0.2) is 28.6 Å². The molecular weight excluding hydrogens is 725 g/mol. The van der Waals surface area contributed by atoms with E-state index in [4.69, 9.17) is 21.1 Å². The minimum Gasteiger partial charge on any atom is -0.477 e. The summed E-state index contributed by atoms with van der Waals surface area (Å²) in [4.78, 5) is 35.8. The zero-order valence-corrected chi connectivity index (χ0v) is 32.3. The highest BCUT2D eigenvalue weighted by atomic mass is 35.5. The van der Waals surface area contributed by atoms with E-state index in [0.717, 1.165) is 12.3 Å². The summed E-state index contributed by atoms with van der Waals surface area (Å²) < 4.78 is 56.4. The number of fused-ring (bicyclic) bond motifs is 1. The van der Waals surface area contributed by atoms with Gasteiger partial charge in [0.1, 0.15) is 22.7 Å². The van der Waals surface area contributed by atoms with Crippen molar-refractivity contribution < 1.29 is 31.9 Å². The highest BCUT2D eigenvalue weighted by Gasteiger charge is 2.85. The van der Waals surface area contributed by atoms with Crippen molar-refractivity contribution in [1.82, 2.24) is 29.4 Å². The van der Waals surface area contributed by atoms with Crippen LogP contribution < -0.4 is 14.8 Å². The molecule has 2 amide bonds. The maximum Gasteiger partial charge on any atom is 0.410 e. The van der Waals surface area contributed by atoms with Crippen molar-refractivity contribution in [3.05, 3.63) is 53.3 Å². The number of nitrogens with one attached hydrogen (secondary N) is 2. The Balaban J connectivity index is 0.897. The van der Waals surface area contributed by atoms with Crippen LogP contribution >= 0.6 is 11.6 Å². The summed E-state index contributed by atoms with van der Waals surface area (Å²) in [6.45, 7) is 10.1. The molecule has 0 radical (unpaired) electrons. The highest BCUT2D eigenvalue weighted by molar-refractivity contribution is 7.90. The lowest BCUT2D eigenvalue weighted by molar-refractivity contribution is 0.0130. The van der Waals surface area contributed by atoms with E-state index in [2.05, 4.69) is 20.4 Å². The molecule has 13 nitrogen and oxygen atoms in total. The lowest BCUT2D eigenvalue weighted by Gasteiger charge is -2.33. The van der Waals surface area contributed by atoms with E-state index in [1.165, 1.54) is 60.7 Å². The number of halogens is 2. The Labute approximate surface area is 314 Å². The molecule has 4 aliphatic rings. The Kier molecular flexibility index (Phi) is 9.44. The average molecular weight is 772 g/mol. The smallest absolute Gasteiger partial charge is 0.410 e. The van der Waals surface area contributed by atoms with Crippen LogP contribution in [0.25, 0.3) is 5.82 Å². The number of hydrogen-bond donors (Lipinski definition) is 2. The molecule has 2 spiro atoms. The fraction of sp³-hybridized carbons (Fsp3) is 0.595. The summed E-state index contributed by atoms with van der Waals surface area (Å²) in [7, 11) is -4.44. The first-order valence-electron chi connectivity index (χ1n) is 18.2. The van der Waals surface area contributed by atoms with Crippen molar-refractivity contribution >= 4 is 39.4 Å². The van der Waals surface area contributed by atoms with Gasteiger partial charge in [0.15, 0.2) is 10.8 Å². The van der Waals surface area contributed by atoms with Gasteiger partial charge in [-0.2, -0.15) is 8.42 Å². The largest absolute Gasteiger partial charge is 0.477 e. The Bertz CT molecular complexity index is 1990. The number of likely N-dealkylation sites (tertiary alicyclic amines) is 1. The van der Waals surface area contributed by atoms with E-state index in [1.54, 1.807) is 37.9 Å². The van der Waals surface area contributed by atoms with Crippen LogP contribution in [0, 0.1) is 22.7 Å². The van der Waals surface area contributed by atoms with Crippen molar-refractivity contribution in [2.75, 3.05) is 25.0 Å². The molecule has 53 heavy (non-hydrogen) atoms. The zero-order chi connectivity index (χ0) is 38.0. The van der Waals surface area contributed by atoms with Gasteiger partial charge in [0.2, 0.25) is 5.88 Å². The van der Waals surface area contributed by atoms with Crippen LogP contribution in [0.2, 0.25) is 5.15 Å². The number of nitrogens with zero attached hydrogens (tertiary/aromatic N) is 5. The Morgan fingerprint density at radius 3 is 2.45 bits per heavy atom. The predicted molar refractivity (Wildman–Crippen MR) is 195 cm³/mol. The number of hydrogen-bond acceptors (Lipinski definition) is 10. The summed E-state index contributed by atoms with van der Waals surface area (Å²) in [5.74, 6) is 0.600. The van der Waals surface area contributed by atoms with Crippen molar-refractivity contribution in [3.63, 3.8) is 0 Å². The van der Waals surface area contributed by atoms with Crippen LogP contribution in [0.3, 0.4) is 0 Å². The molecule has 1 aliphatic heterocycles. The SMILES string of the molecule is CC(C)(C)OC(=O)N1CC(CC(F)CNc2cccc(S(=O)(=O)NC(=O)c3ccc(-n4ccc(OCCC5C6(CC6)C56CC6)n4)nc3Cl)n2)CC1(C)C. The number of sulfonamides is 1. The van der Waals surface area contributed by atoms with E-state index in [1.807, 2.05) is 18.6 Å². The second-order valence-corrected chi connectivity index (χ2v) is 18.6. The van der Waals surface area contributed by atoms with Crippen molar-refractivity contribution in [2.24, 2.45) is 22.7 Å². The van der Waals surface area contributed by atoms with Crippen LogP contribution in [-0.2, 0) is 14.8 Å². The Morgan fingerprint density at radius 1 is 1.08 bits per heavy atom. The lowest BCUT2D eigenvalue weighted by atomic mass is 9.93. The van der Waals surface area contributed by atoms with Gasteiger partial charge in [0.05, 0.1) is 12.2 Å². The number of ether oxygens (including phenoxy) is 2. The van der Waals surface area contributed by atoms with E-state index < -0.39 is 44.4 Å². The number of anilines is 1. The first-order chi connectivity index (χ1) is 24.9. The third kappa shape index (κ3) is 7.69. The van der Waals surface area contributed by atoms with Crippen molar-refractivity contribution in [3.8, 4) is 11.7 Å². The average Bonchev–Trinajstić information content (AvgIpc) is 4.02. The molecule has 2 atom stereocenters. The summed E-state index contributed by atoms with van der Waals surface area (Å²) in [6, 6.07) is 8.75. The molecule has 1 saturated heterocycles. The van der Waals surface area contributed by atoms with E-state index >= 15 is 4.39 Å². The maximum atomic E-state index is 15.2. The number of pyridine rings is 2. The topological polar surface area (TPSA) is 158 Å². The van der Waals surface area contributed by atoms with Gasteiger partial charge in [-0.1, -0.05) is 17.7 Å². The fourth-order valence-corrected chi connectivity index (χ4v) is 9.78. The summed E-state index contributed by atoms with van der Waals surface area (Å²) in [6.07, 6.45) is 7.25. The highest BCUT2D eigenvalue weighted by Crippen LogP contribution is 2.93. The minimum absolute atomic E-state index is 0.0861. The van der Waals surface area contributed by atoms with Gasteiger partial charge in [-0.05, 0) is 126 Å². The molecule has 2 unspecified atom stereocenters. The number of carbonyl (C=O) groups is 2. The third-order valence-electron chi connectivity index (χ3n) is 11.2.